The minimum atomic E-state index is -1.33. The first-order valence-electron chi connectivity index (χ1n) is 13.3. The lowest BCUT2D eigenvalue weighted by atomic mass is 9.73. The molecule has 7 rings (SSSR count). The van der Waals surface area contributed by atoms with E-state index in [9.17, 15) is 14.7 Å². The Morgan fingerprint density at radius 3 is 2.78 bits per heavy atom. The summed E-state index contributed by atoms with van der Waals surface area (Å²) in [5.74, 6) is -2.14. The van der Waals surface area contributed by atoms with E-state index < -0.39 is 29.3 Å². The molecule has 1 saturated heterocycles. The van der Waals surface area contributed by atoms with Gasteiger partial charge in [-0.05, 0) is 47.9 Å². The molecule has 0 radical (unpaired) electrons. The van der Waals surface area contributed by atoms with Crippen LogP contribution in [0.2, 0.25) is 10.0 Å². The fraction of sp³-hybridized carbons (Fsp3) is 0.300. The van der Waals surface area contributed by atoms with Gasteiger partial charge in [0, 0.05) is 28.7 Å². The van der Waals surface area contributed by atoms with Crippen LogP contribution in [0.5, 0.6) is 5.88 Å². The minimum absolute atomic E-state index is 0.0461. The molecule has 1 aromatic heterocycles. The highest BCUT2D eigenvalue weighted by atomic mass is 35.5. The van der Waals surface area contributed by atoms with Crippen molar-refractivity contribution in [2.75, 3.05) is 18.5 Å². The summed E-state index contributed by atoms with van der Waals surface area (Å²) in [5.41, 5.74) is 0.742. The van der Waals surface area contributed by atoms with Crippen LogP contribution in [0.1, 0.15) is 47.3 Å². The van der Waals surface area contributed by atoms with Gasteiger partial charge in [0.15, 0.2) is 0 Å². The standard InChI is InChI=1S/C30H25Cl2FN4O4/c1-14(2)12-36-23-13-41-27-17-8-6-15(28(38)39)10-21(17)35-37(27)26(23)24(18-4-3-5-20(32)25(18)33)30(36)19-9-7-16(31)11-22(19)34-29(30)40/h3-11,14,23-24,26H,12-13H2,1-2H3,(H,34,40)(H,38,39)/t23-,24-,26+,30+/m0/s1. The Kier molecular flexibility index (Phi) is 5.87. The Balaban J connectivity index is 1.55. The van der Waals surface area contributed by atoms with Crippen LogP contribution in [0.3, 0.4) is 0 Å². The molecule has 3 aromatic carbocycles. The quantitative estimate of drug-likeness (QED) is 0.297. The molecule has 3 aliphatic heterocycles. The first-order chi connectivity index (χ1) is 19.6. The summed E-state index contributed by atoms with van der Waals surface area (Å²) in [4.78, 5) is 28.2. The molecule has 11 heteroatoms. The highest BCUT2D eigenvalue weighted by Crippen LogP contribution is 2.63. The number of carboxylic acid groups (broad SMARTS) is 1. The molecule has 4 atom stereocenters. The van der Waals surface area contributed by atoms with Gasteiger partial charge in [-0.2, -0.15) is 5.10 Å². The highest BCUT2D eigenvalue weighted by molar-refractivity contribution is 6.31. The number of nitrogens with one attached hydrogen (secondary N) is 1. The van der Waals surface area contributed by atoms with Gasteiger partial charge in [0.1, 0.15) is 18.0 Å². The van der Waals surface area contributed by atoms with E-state index in [1.165, 1.54) is 18.2 Å². The van der Waals surface area contributed by atoms with Crippen LogP contribution in [0.25, 0.3) is 10.9 Å². The van der Waals surface area contributed by atoms with Gasteiger partial charge in [-0.15, -0.1) is 0 Å². The zero-order valence-electron chi connectivity index (χ0n) is 22.1. The molecule has 0 unspecified atom stereocenters. The van der Waals surface area contributed by atoms with Crippen LogP contribution in [0.4, 0.5) is 10.1 Å². The number of rotatable bonds is 4. The molecule has 4 aromatic rings. The van der Waals surface area contributed by atoms with E-state index >= 15 is 4.39 Å². The molecular weight excluding hydrogens is 570 g/mol. The summed E-state index contributed by atoms with van der Waals surface area (Å²) < 4.78 is 24.1. The average Bonchev–Trinajstić information content (AvgIpc) is 3.53. The summed E-state index contributed by atoms with van der Waals surface area (Å²) in [7, 11) is 0. The van der Waals surface area contributed by atoms with E-state index in [0.717, 1.165) is 0 Å². The lowest BCUT2D eigenvalue weighted by Crippen LogP contribution is -2.54. The minimum Gasteiger partial charge on any atom is -0.478 e. The first-order valence-corrected chi connectivity index (χ1v) is 14.1. The lowest BCUT2D eigenvalue weighted by Gasteiger charge is -2.40. The monoisotopic (exact) mass is 594 g/mol. The summed E-state index contributed by atoms with van der Waals surface area (Å²) in [6, 6.07) is 13.8. The van der Waals surface area contributed by atoms with E-state index in [2.05, 4.69) is 24.1 Å². The number of fused-ring (bicyclic) bond motifs is 7. The zero-order chi connectivity index (χ0) is 28.8. The van der Waals surface area contributed by atoms with E-state index in [4.69, 9.17) is 33.0 Å². The topological polar surface area (TPSA) is 96.7 Å². The SMILES string of the molecule is CC(C)CN1[C@H]2COc3c4ccc(C(=O)O)cc4nn3[C@H]2[C@H](c2cccc(Cl)c2F)[C@]12C(=O)Nc1cc(Cl)ccc12. The van der Waals surface area contributed by atoms with Crippen molar-refractivity contribution in [2.45, 2.75) is 37.4 Å². The van der Waals surface area contributed by atoms with Crippen molar-refractivity contribution in [1.29, 1.82) is 0 Å². The highest BCUT2D eigenvalue weighted by Gasteiger charge is 2.69. The van der Waals surface area contributed by atoms with Gasteiger partial charge in [0.2, 0.25) is 11.8 Å². The number of benzene rings is 3. The summed E-state index contributed by atoms with van der Waals surface area (Å²) in [6.07, 6.45) is 0. The summed E-state index contributed by atoms with van der Waals surface area (Å²) >= 11 is 12.7. The summed E-state index contributed by atoms with van der Waals surface area (Å²) in [5, 5.41) is 18.5. The third-order valence-corrected chi connectivity index (χ3v) is 9.00. The van der Waals surface area contributed by atoms with Crippen molar-refractivity contribution in [2.24, 2.45) is 5.92 Å². The van der Waals surface area contributed by atoms with Gasteiger partial charge in [-0.25, -0.2) is 13.9 Å². The Morgan fingerprint density at radius 1 is 1.22 bits per heavy atom. The number of nitrogens with zero attached hydrogens (tertiary/aromatic N) is 3. The maximum atomic E-state index is 16.1. The van der Waals surface area contributed by atoms with E-state index in [1.54, 1.807) is 35.0 Å². The molecule has 210 valence electrons. The second kappa shape index (κ2) is 9.17. The number of carbonyl (C=O) groups is 2. The molecule has 8 nitrogen and oxygen atoms in total. The molecule has 1 amide bonds. The smallest absolute Gasteiger partial charge is 0.335 e. The maximum Gasteiger partial charge on any atom is 0.335 e. The van der Waals surface area contributed by atoms with Gasteiger partial charge in [-0.1, -0.05) is 55.2 Å². The van der Waals surface area contributed by atoms with Crippen LogP contribution in [-0.4, -0.2) is 50.9 Å². The second-order valence-electron chi connectivity index (χ2n) is 11.2. The molecule has 3 aliphatic rings. The largest absolute Gasteiger partial charge is 0.478 e. The predicted molar refractivity (Wildman–Crippen MR) is 152 cm³/mol. The van der Waals surface area contributed by atoms with Gasteiger partial charge >= 0.3 is 5.97 Å². The number of likely N-dealkylation sites (tertiary alicyclic amines) is 1. The fourth-order valence-corrected chi connectivity index (χ4v) is 7.39. The average molecular weight is 595 g/mol. The van der Waals surface area contributed by atoms with Crippen molar-refractivity contribution in [1.82, 2.24) is 14.7 Å². The molecule has 2 N–H and O–H groups in total. The number of hydrogen-bond donors (Lipinski definition) is 2. The zero-order valence-corrected chi connectivity index (χ0v) is 23.6. The van der Waals surface area contributed by atoms with Crippen molar-refractivity contribution >= 4 is 51.7 Å². The van der Waals surface area contributed by atoms with Crippen molar-refractivity contribution in [3.05, 3.63) is 87.2 Å². The van der Waals surface area contributed by atoms with E-state index in [0.29, 0.717) is 39.6 Å². The Morgan fingerprint density at radius 2 is 2.02 bits per heavy atom. The number of anilines is 1. The third kappa shape index (κ3) is 3.58. The normalized spacial score (nSPS) is 24.8. The second-order valence-corrected chi connectivity index (χ2v) is 12.1. The molecular formula is C30H25Cl2FN4O4. The molecule has 41 heavy (non-hydrogen) atoms. The number of amides is 1. The Bertz CT molecular complexity index is 1770. The number of ether oxygens (including phenoxy) is 1. The molecule has 1 spiro atoms. The van der Waals surface area contributed by atoms with Crippen LogP contribution in [0, 0.1) is 11.7 Å². The molecule has 4 heterocycles. The number of carbonyl (C=O) groups excluding carboxylic acids is 1. The van der Waals surface area contributed by atoms with Gasteiger partial charge < -0.3 is 15.2 Å². The van der Waals surface area contributed by atoms with Gasteiger partial charge in [0.05, 0.1) is 33.6 Å². The number of halogens is 3. The Hall–Kier alpha value is -3.66. The van der Waals surface area contributed by atoms with Crippen molar-refractivity contribution in [3.63, 3.8) is 0 Å². The fourth-order valence-electron chi connectivity index (χ4n) is 7.04. The Labute approximate surface area is 244 Å². The number of carboxylic acids is 1. The third-order valence-electron chi connectivity index (χ3n) is 8.48. The van der Waals surface area contributed by atoms with Crippen LogP contribution in [0.15, 0.2) is 54.6 Å². The molecule has 0 aliphatic carbocycles. The van der Waals surface area contributed by atoms with E-state index in [-0.39, 0.29) is 40.6 Å². The van der Waals surface area contributed by atoms with Crippen molar-refractivity contribution in [3.8, 4) is 5.88 Å². The molecule has 1 fully saturated rings. The summed E-state index contributed by atoms with van der Waals surface area (Å²) in [6.45, 7) is 4.86. The first kappa shape index (κ1) is 26.3. The number of aromatic nitrogens is 2. The molecule has 0 saturated carbocycles. The number of hydrogen-bond acceptors (Lipinski definition) is 5. The van der Waals surface area contributed by atoms with Crippen LogP contribution in [-0.2, 0) is 10.3 Å². The van der Waals surface area contributed by atoms with Crippen molar-refractivity contribution < 1.29 is 23.8 Å². The molecule has 0 bridgehead atoms. The lowest BCUT2D eigenvalue weighted by molar-refractivity contribution is -0.128. The van der Waals surface area contributed by atoms with Crippen LogP contribution < -0.4 is 10.1 Å². The predicted octanol–water partition coefficient (Wildman–Crippen LogP) is 6.09. The van der Waals surface area contributed by atoms with Gasteiger partial charge in [0.25, 0.3) is 0 Å². The maximum absolute atomic E-state index is 16.1. The van der Waals surface area contributed by atoms with Crippen LogP contribution >= 0.6 is 23.2 Å². The van der Waals surface area contributed by atoms with Gasteiger partial charge in [-0.3, -0.25) is 9.69 Å². The van der Waals surface area contributed by atoms with E-state index in [1.807, 2.05) is 6.07 Å². The number of aromatic carboxylic acids is 1.